The standard InChI is InChI=1S/C18H35N4O2S3/c1-6-9-10-13-22(5,8-3)25-16-14-17(23)21(18(16)24)12-11-19-26-27-20-15(4)7-2/h16,19-20H,4,6-14H2,1-3,5H3/q+1. The maximum atomic E-state index is 12.7. The normalized spacial score (nSPS) is 19.4. The van der Waals surface area contributed by atoms with E-state index < -0.39 is 0 Å². The highest BCUT2D eigenvalue weighted by Gasteiger charge is 2.43. The maximum absolute atomic E-state index is 12.7. The third kappa shape index (κ3) is 8.68. The van der Waals surface area contributed by atoms with Gasteiger partial charge in [0.15, 0.2) is 0 Å². The number of nitrogens with one attached hydrogen (secondary N) is 2. The number of amides is 2. The van der Waals surface area contributed by atoms with E-state index in [0.717, 1.165) is 35.5 Å². The first kappa shape index (κ1) is 24.7. The smallest absolute Gasteiger partial charge is 0.248 e. The van der Waals surface area contributed by atoms with Crippen LogP contribution in [0.25, 0.3) is 0 Å². The Balaban J connectivity index is 2.40. The minimum atomic E-state index is -0.249. The summed E-state index contributed by atoms with van der Waals surface area (Å²) in [6, 6.07) is 0. The number of allylic oxidation sites excluding steroid dienone is 1. The Bertz CT molecular complexity index is 507. The third-order valence-electron chi connectivity index (χ3n) is 4.64. The van der Waals surface area contributed by atoms with Crippen molar-refractivity contribution in [3.05, 3.63) is 12.3 Å². The molecular weight excluding hydrogens is 400 g/mol. The topological polar surface area (TPSA) is 61.4 Å². The van der Waals surface area contributed by atoms with Crippen molar-refractivity contribution >= 4 is 45.7 Å². The van der Waals surface area contributed by atoms with Gasteiger partial charge in [0, 0.05) is 40.7 Å². The van der Waals surface area contributed by atoms with E-state index in [1.165, 1.54) is 39.7 Å². The highest BCUT2D eigenvalue weighted by molar-refractivity contribution is 8.75. The summed E-state index contributed by atoms with van der Waals surface area (Å²) < 4.78 is 7.06. The van der Waals surface area contributed by atoms with Crippen molar-refractivity contribution in [3.8, 4) is 0 Å². The van der Waals surface area contributed by atoms with E-state index in [1.807, 2.05) is 6.92 Å². The van der Waals surface area contributed by atoms with E-state index in [-0.39, 0.29) is 17.1 Å². The summed E-state index contributed by atoms with van der Waals surface area (Å²) in [5.41, 5.74) is 0.968. The van der Waals surface area contributed by atoms with Gasteiger partial charge in [0.2, 0.25) is 11.8 Å². The molecule has 0 spiro atoms. The van der Waals surface area contributed by atoms with Gasteiger partial charge in [-0.05, 0) is 26.2 Å². The van der Waals surface area contributed by atoms with Gasteiger partial charge in [-0.25, -0.2) is 0 Å². The molecule has 0 aromatic heterocycles. The summed E-state index contributed by atoms with van der Waals surface area (Å²) in [6.45, 7) is 13.2. The van der Waals surface area contributed by atoms with Gasteiger partial charge in [0.05, 0.1) is 38.5 Å². The molecule has 0 aliphatic carbocycles. The average molecular weight is 436 g/mol. The number of quaternary nitrogens is 1. The van der Waals surface area contributed by atoms with Crippen molar-refractivity contribution < 1.29 is 13.5 Å². The molecule has 0 bridgehead atoms. The van der Waals surface area contributed by atoms with E-state index in [9.17, 15) is 9.59 Å². The van der Waals surface area contributed by atoms with Gasteiger partial charge in [-0.3, -0.25) is 23.1 Å². The van der Waals surface area contributed by atoms with E-state index in [4.69, 9.17) is 0 Å². The Morgan fingerprint density at radius 1 is 1.26 bits per heavy atom. The lowest BCUT2D eigenvalue weighted by atomic mass is 10.2. The number of carbonyl (C=O) groups is 2. The number of likely N-dealkylation sites (tertiary alicyclic amines) is 1. The van der Waals surface area contributed by atoms with E-state index >= 15 is 0 Å². The molecule has 27 heavy (non-hydrogen) atoms. The first-order chi connectivity index (χ1) is 12.9. The quantitative estimate of drug-likeness (QED) is 0.134. The molecule has 0 aromatic carbocycles. The van der Waals surface area contributed by atoms with Gasteiger partial charge >= 0.3 is 0 Å². The summed E-state index contributed by atoms with van der Waals surface area (Å²) >= 11 is 1.65. The fourth-order valence-electron chi connectivity index (χ4n) is 2.64. The van der Waals surface area contributed by atoms with Crippen LogP contribution in [-0.2, 0) is 9.59 Å². The summed E-state index contributed by atoms with van der Waals surface area (Å²) in [7, 11) is 5.07. The zero-order chi connectivity index (χ0) is 20.3. The van der Waals surface area contributed by atoms with E-state index in [1.54, 1.807) is 11.9 Å². The first-order valence-electron chi connectivity index (χ1n) is 9.73. The van der Waals surface area contributed by atoms with Gasteiger partial charge in [0.1, 0.15) is 5.25 Å². The zero-order valence-electron chi connectivity index (χ0n) is 17.1. The summed E-state index contributed by atoms with van der Waals surface area (Å²) in [4.78, 5) is 26.4. The van der Waals surface area contributed by atoms with Crippen LogP contribution in [0, 0.1) is 0 Å². The molecule has 1 aliphatic heterocycles. The molecule has 2 N–H and O–H groups in total. The largest absolute Gasteiger partial charge is 0.324 e. The van der Waals surface area contributed by atoms with E-state index in [2.05, 4.69) is 36.9 Å². The minimum Gasteiger partial charge on any atom is -0.324 e. The highest BCUT2D eigenvalue weighted by atomic mass is 33.1. The lowest BCUT2D eigenvalue weighted by Gasteiger charge is -2.32. The van der Waals surface area contributed by atoms with Gasteiger partial charge < -0.3 is 4.72 Å². The molecule has 1 heterocycles. The van der Waals surface area contributed by atoms with Crippen molar-refractivity contribution in [3.63, 3.8) is 0 Å². The molecule has 2 amide bonds. The van der Waals surface area contributed by atoms with Crippen LogP contribution in [-0.4, -0.2) is 59.1 Å². The molecule has 1 saturated heterocycles. The Morgan fingerprint density at radius 3 is 2.63 bits per heavy atom. The van der Waals surface area contributed by atoms with Crippen molar-refractivity contribution in [2.24, 2.45) is 0 Å². The fraction of sp³-hybridized carbons (Fsp3) is 0.778. The molecule has 0 radical (unpaired) electrons. The maximum Gasteiger partial charge on any atom is 0.248 e. The molecule has 2 atom stereocenters. The van der Waals surface area contributed by atoms with E-state index in [0.29, 0.717) is 19.5 Å². The Hall–Kier alpha value is -0.350. The molecule has 1 fully saturated rings. The number of carbonyl (C=O) groups excluding carboxylic acids is 2. The minimum absolute atomic E-state index is 0.0322. The SMILES string of the molecule is C=C(CC)NSSNCCN1C(=O)CC(S[N+](C)(CC)CCCCC)C1=O. The molecule has 9 heteroatoms. The predicted molar refractivity (Wildman–Crippen MR) is 120 cm³/mol. The third-order valence-corrected chi connectivity index (χ3v) is 7.84. The second-order valence-corrected chi connectivity index (χ2v) is 10.3. The summed E-state index contributed by atoms with van der Waals surface area (Å²) in [5.74, 6) is -0.0825. The van der Waals surface area contributed by atoms with Crippen LogP contribution in [0.1, 0.15) is 52.9 Å². The molecule has 1 rings (SSSR count). The first-order valence-corrected chi connectivity index (χ1v) is 12.7. The lowest BCUT2D eigenvalue weighted by molar-refractivity contribution is -0.772. The van der Waals surface area contributed by atoms with Crippen molar-refractivity contribution in [1.29, 1.82) is 0 Å². The average Bonchev–Trinajstić information content (AvgIpc) is 2.91. The van der Waals surface area contributed by atoms with Crippen LogP contribution in [0.4, 0.5) is 0 Å². The Morgan fingerprint density at radius 2 is 2.00 bits per heavy atom. The number of hydrogen-bond donors (Lipinski definition) is 2. The van der Waals surface area contributed by atoms with Crippen LogP contribution in [0.5, 0.6) is 0 Å². The van der Waals surface area contributed by atoms with Crippen molar-refractivity contribution in [2.75, 3.05) is 33.2 Å². The monoisotopic (exact) mass is 435 g/mol. The lowest BCUT2D eigenvalue weighted by Crippen LogP contribution is -2.42. The molecule has 156 valence electrons. The van der Waals surface area contributed by atoms with Crippen LogP contribution in [0.15, 0.2) is 12.3 Å². The van der Waals surface area contributed by atoms with Gasteiger partial charge in [-0.2, -0.15) is 0 Å². The van der Waals surface area contributed by atoms with Crippen LogP contribution >= 0.6 is 33.9 Å². The molecular formula is C18H35N4O2S3+. The van der Waals surface area contributed by atoms with Gasteiger partial charge in [0.25, 0.3) is 0 Å². The molecule has 2 unspecified atom stereocenters. The number of hydrogen-bond acceptors (Lipinski definition) is 7. The number of rotatable bonds is 15. The van der Waals surface area contributed by atoms with Crippen LogP contribution in [0.2, 0.25) is 0 Å². The second-order valence-electron chi connectivity index (χ2n) is 6.85. The zero-order valence-corrected chi connectivity index (χ0v) is 19.5. The van der Waals surface area contributed by atoms with Gasteiger partial charge in [-0.15, -0.1) is 0 Å². The van der Waals surface area contributed by atoms with Crippen LogP contribution in [0.3, 0.4) is 0 Å². The molecule has 1 aliphatic rings. The number of nitrogens with zero attached hydrogens (tertiary/aromatic N) is 2. The van der Waals surface area contributed by atoms with Crippen molar-refractivity contribution in [2.45, 2.75) is 58.1 Å². The summed E-state index contributed by atoms with van der Waals surface area (Å²) in [6.07, 6.45) is 4.76. The molecule has 6 nitrogen and oxygen atoms in total. The van der Waals surface area contributed by atoms with Crippen LogP contribution < -0.4 is 9.44 Å². The molecule has 0 aromatic rings. The van der Waals surface area contributed by atoms with Crippen molar-refractivity contribution in [1.82, 2.24) is 14.3 Å². The summed E-state index contributed by atoms with van der Waals surface area (Å²) in [5, 5.41) is -0.249. The Labute approximate surface area is 177 Å². The Kier molecular flexibility index (Phi) is 11.9. The number of imide groups is 1. The second kappa shape index (κ2) is 13.0. The number of unbranched alkanes of at least 4 members (excludes halogenated alkanes) is 2. The van der Waals surface area contributed by atoms with Gasteiger partial charge in [-0.1, -0.05) is 26.8 Å². The highest BCUT2D eigenvalue weighted by Crippen LogP contribution is 2.32. The predicted octanol–water partition coefficient (Wildman–Crippen LogP) is 3.73. The molecule has 0 saturated carbocycles. The fourth-order valence-corrected chi connectivity index (χ4v) is 5.51.